The Hall–Kier alpha value is -2.85. The molecule has 0 unspecified atom stereocenters. The third-order valence-corrected chi connectivity index (χ3v) is 8.41. The van der Waals surface area contributed by atoms with Gasteiger partial charge in [0.15, 0.2) is 0 Å². The van der Waals surface area contributed by atoms with E-state index in [9.17, 15) is 0 Å². The predicted molar refractivity (Wildman–Crippen MR) is 109 cm³/mol. The minimum atomic E-state index is -4.02. The summed E-state index contributed by atoms with van der Waals surface area (Å²) in [6.45, 7) is 0.846. The number of para-hydroxylation sites is 2. The van der Waals surface area contributed by atoms with E-state index in [1.54, 1.807) is 0 Å². The van der Waals surface area contributed by atoms with Crippen LogP contribution in [0.5, 0.6) is 5.75 Å². The SMILES string of the molecule is c1ccc(C2=C(c3ccccc3)N3c4ccccc4OP34(OCCO4)O2)cc1. The first-order valence-corrected chi connectivity index (χ1v) is 11.1. The average molecular weight is 391 g/mol. The summed E-state index contributed by atoms with van der Waals surface area (Å²) in [7, 11) is -4.02. The zero-order valence-corrected chi connectivity index (χ0v) is 15.9. The second-order valence-electron chi connectivity index (χ2n) is 6.81. The van der Waals surface area contributed by atoms with Gasteiger partial charge in [-0.15, -0.1) is 0 Å². The molecule has 0 bridgehead atoms. The molecule has 140 valence electrons. The summed E-state index contributed by atoms with van der Waals surface area (Å²) in [6.07, 6.45) is 0. The predicted octanol–water partition coefficient (Wildman–Crippen LogP) is 5.62. The van der Waals surface area contributed by atoms with Gasteiger partial charge in [0.05, 0.1) is 0 Å². The van der Waals surface area contributed by atoms with E-state index in [1.807, 2.05) is 77.5 Å². The van der Waals surface area contributed by atoms with Crippen LogP contribution in [0.15, 0.2) is 84.9 Å². The standard InChI is InChI=1S/C22H18NO4P/c1-3-9-17(10-4-1)21-22(18-11-5-2-6-12-18)27-28(24-15-16-25-28)23(21)19-13-7-8-14-20(19)26-28/h1-14H,15-16H2. The molecule has 0 atom stereocenters. The maximum atomic E-state index is 6.63. The van der Waals surface area contributed by atoms with Crippen LogP contribution in [-0.2, 0) is 13.6 Å². The molecule has 0 aliphatic carbocycles. The summed E-state index contributed by atoms with van der Waals surface area (Å²) in [5.74, 6) is 1.42. The molecular formula is C22H18NO4P. The second kappa shape index (κ2) is 5.58. The van der Waals surface area contributed by atoms with Gasteiger partial charge in [-0.25, -0.2) is 0 Å². The van der Waals surface area contributed by atoms with Gasteiger partial charge in [-0.2, -0.15) is 0 Å². The molecule has 0 amide bonds. The number of nitrogens with zero attached hydrogens (tertiary/aromatic N) is 1. The summed E-state index contributed by atoms with van der Waals surface area (Å²) in [6, 6.07) is 28.1. The molecule has 3 aromatic carbocycles. The average Bonchev–Trinajstić information content (AvgIpc) is 3.38. The van der Waals surface area contributed by atoms with Crippen LogP contribution in [0.2, 0.25) is 0 Å². The van der Waals surface area contributed by atoms with Gasteiger partial charge in [-0.05, 0) is 0 Å². The molecule has 0 N–H and O–H groups in total. The molecule has 0 radical (unpaired) electrons. The topological polar surface area (TPSA) is 40.2 Å². The van der Waals surface area contributed by atoms with Crippen molar-refractivity contribution in [1.29, 1.82) is 0 Å². The summed E-state index contributed by atoms with van der Waals surface area (Å²) in [5.41, 5.74) is 3.76. The molecule has 6 rings (SSSR count). The number of rotatable bonds is 2. The van der Waals surface area contributed by atoms with Crippen LogP contribution in [0.25, 0.3) is 11.5 Å². The Bertz CT molecular complexity index is 1090. The maximum absolute atomic E-state index is 6.63. The normalized spacial score (nSPS) is 22.1. The van der Waals surface area contributed by atoms with Gasteiger partial charge in [-0.1, -0.05) is 0 Å². The number of benzene rings is 3. The van der Waals surface area contributed by atoms with Crippen molar-refractivity contribution in [3.63, 3.8) is 0 Å². The molecule has 1 spiro atoms. The van der Waals surface area contributed by atoms with Crippen LogP contribution >= 0.6 is 7.66 Å². The Balaban J connectivity index is 1.67. The number of hydrogen-bond donors (Lipinski definition) is 0. The van der Waals surface area contributed by atoms with Gasteiger partial charge in [0.1, 0.15) is 0 Å². The molecular weight excluding hydrogens is 373 g/mol. The van der Waals surface area contributed by atoms with Crippen molar-refractivity contribution in [1.82, 2.24) is 0 Å². The molecule has 6 heteroatoms. The zero-order chi connectivity index (χ0) is 18.6. The van der Waals surface area contributed by atoms with Gasteiger partial charge < -0.3 is 0 Å². The van der Waals surface area contributed by atoms with Crippen molar-refractivity contribution in [2.45, 2.75) is 0 Å². The molecule has 3 aliphatic rings. The van der Waals surface area contributed by atoms with Crippen molar-refractivity contribution in [2.24, 2.45) is 0 Å². The quantitative estimate of drug-likeness (QED) is 0.531. The van der Waals surface area contributed by atoms with Crippen LogP contribution < -0.4 is 9.19 Å². The Labute approximate surface area is 163 Å². The fourth-order valence-corrected chi connectivity index (χ4v) is 7.50. The van der Waals surface area contributed by atoms with E-state index in [1.165, 1.54) is 0 Å². The fraction of sp³-hybridized carbons (Fsp3) is 0.0909. The van der Waals surface area contributed by atoms with E-state index < -0.39 is 7.66 Å². The van der Waals surface area contributed by atoms with E-state index >= 15 is 0 Å². The van der Waals surface area contributed by atoms with Gasteiger partial charge in [0, 0.05) is 0 Å². The van der Waals surface area contributed by atoms with Crippen molar-refractivity contribution in [2.75, 3.05) is 17.9 Å². The molecule has 3 heterocycles. The Morgan fingerprint density at radius 3 is 1.96 bits per heavy atom. The van der Waals surface area contributed by atoms with Crippen molar-refractivity contribution in [3.8, 4) is 5.75 Å². The van der Waals surface area contributed by atoms with Crippen molar-refractivity contribution >= 4 is 24.8 Å². The summed E-state index contributed by atoms with van der Waals surface area (Å²) >= 11 is 0. The van der Waals surface area contributed by atoms with E-state index in [0.29, 0.717) is 24.7 Å². The van der Waals surface area contributed by atoms with Gasteiger partial charge >= 0.3 is 163 Å². The molecule has 0 saturated carbocycles. The number of fused-ring (bicyclic) bond motifs is 2. The van der Waals surface area contributed by atoms with Crippen LogP contribution in [0.3, 0.4) is 0 Å². The van der Waals surface area contributed by atoms with Crippen LogP contribution in [0.1, 0.15) is 11.1 Å². The van der Waals surface area contributed by atoms with Gasteiger partial charge in [0.25, 0.3) is 0 Å². The Kier molecular flexibility index (Phi) is 3.22. The van der Waals surface area contributed by atoms with Gasteiger partial charge in [0.2, 0.25) is 0 Å². The first-order valence-electron chi connectivity index (χ1n) is 9.26. The third kappa shape index (κ3) is 2.01. The first-order chi connectivity index (χ1) is 13.8. The zero-order valence-electron chi connectivity index (χ0n) is 15.0. The van der Waals surface area contributed by atoms with E-state index in [2.05, 4.69) is 12.1 Å². The Morgan fingerprint density at radius 1 is 0.643 bits per heavy atom. The van der Waals surface area contributed by atoms with Crippen molar-refractivity contribution in [3.05, 3.63) is 96.1 Å². The monoisotopic (exact) mass is 391 g/mol. The minimum absolute atomic E-state index is 0.423. The molecule has 1 saturated heterocycles. The molecule has 5 nitrogen and oxygen atoms in total. The van der Waals surface area contributed by atoms with E-state index in [-0.39, 0.29) is 0 Å². The van der Waals surface area contributed by atoms with Gasteiger partial charge in [-0.3, -0.25) is 0 Å². The molecule has 1 fully saturated rings. The van der Waals surface area contributed by atoms with Crippen LogP contribution in [0.4, 0.5) is 5.69 Å². The van der Waals surface area contributed by atoms with Crippen molar-refractivity contribution < 1.29 is 18.1 Å². The van der Waals surface area contributed by atoms with Crippen LogP contribution in [0, 0.1) is 0 Å². The van der Waals surface area contributed by atoms with E-state index in [0.717, 1.165) is 22.5 Å². The van der Waals surface area contributed by atoms with Crippen LogP contribution in [-0.4, -0.2) is 13.2 Å². The number of hydrogen-bond acceptors (Lipinski definition) is 5. The second-order valence-corrected chi connectivity index (χ2v) is 9.64. The molecule has 0 aromatic heterocycles. The molecule has 28 heavy (non-hydrogen) atoms. The third-order valence-electron chi connectivity index (χ3n) is 5.12. The fourth-order valence-electron chi connectivity index (χ4n) is 3.99. The first kappa shape index (κ1) is 16.1. The number of anilines is 1. The Morgan fingerprint density at radius 2 is 1.25 bits per heavy atom. The van der Waals surface area contributed by atoms with E-state index in [4.69, 9.17) is 18.1 Å². The summed E-state index contributed by atoms with van der Waals surface area (Å²) < 4.78 is 27.6. The summed E-state index contributed by atoms with van der Waals surface area (Å²) in [4.78, 5) is 0. The molecule has 3 aromatic rings. The summed E-state index contributed by atoms with van der Waals surface area (Å²) in [5, 5.41) is 0. The molecule has 3 aliphatic heterocycles.